The first-order valence-electron chi connectivity index (χ1n) is 10.8. The van der Waals surface area contributed by atoms with Crippen molar-refractivity contribution < 1.29 is 24.2 Å². The van der Waals surface area contributed by atoms with Gasteiger partial charge >= 0.3 is 5.97 Å². The van der Waals surface area contributed by atoms with Crippen LogP contribution in [-0.4, -0.2) is 35.2 Å². The molecule has 0 spiro atoms. The number of halogens is 1. The Balaban J connectivity index is 1.43. The summed E-state index contributed by atoms with van der Waals surface area (Å²) in [5, 5.41) is 12.7. The minimum absolute atomic E-state index is 0.0465. The number of aliphatic carboxylic acids is 1. The Morgan fingerprint density at radius 2 is 1.91 bits per heavy atom. The van der Waals surface area contributed by atoms with Crippen LogP contribution in [0.1, 0.15) is 33.8 Å². The van der Waals surface area contributed by atoms with Gasteiger partial charge in [-0.1, -0.05) is 41.9 Å². The Hall–Kier alpha value is -3.16. The molecule has 34 heavy (non-hydrogen) atoms. The van der Waals surface area contributed by atoms with Crippen molar-refractivity contribution in [1.29, 1.82) is 0 Å². The average molecular weight is 498 g/mol. The van der Waals surface area contributed by atoms with Gasteiger partial charge in [-0.3, -0.25) is 9.59 Å². The summed E-state index contributed by atoms with van der Waals surface area (Å²) in [4.78, 5) is 24.2. The monoisotopic (exact) mass is 497 g/mol. The number of rotatable bonds is 8. The summed E-state index contributed by atoms with van der Waals surface area (Å²) in [5.74, 6) is -0.420. The zero-order chi connectivity index (χ0) is 24.1. The lowest BCUT2D eigenvalue weighted by Gasteiger charge is -2.24. The maximum atomic E-state index is 12.7. The van der Waals surface area contributed by atoms with Crippen molar-refractivity contribution in [3.63, 3.8) is 0 Å². The van der Waals surface area contributed by atoms with Crippen LogP contribution in [-0.2, 0) is 11.2 Å². The quantitative estimate of drug-likeness (QED) is 0.386. The fourth-order valence-electron chi connectivity index (χ4n) is 3.78. The van der Waals surface area contributed by atoms with Crippen LogP contribution < -0.4 is 14.8 Å². The summed E-state index contributed by atoms with van der Waals surface area (Å²) in [6.07, 6.45) is 3.09. The number of ether oxygens (including phenoxy) is 2. The second-order valence-electron chi connectivity index (χ2n) is 7.86. The lowest BCUT2D eigenvalue weighted by molar-refractivity contribution is -0.139. The zero-order valence-electron chi connectivity index (χ0n) is 18.5. The van der Waals surface area contributed by atoms with E-state index in [1.165, 1.54) is 0 Å². The molecule has 1 aliphatic rings. The maximum Gasteiger partial charge on any atom is 0.311 e. The first kappa shape index (κ1) is 24.0. The van der Waals surface area contributed by atoms with E-state index in [2.05, 4.69) is 5.32 Å². The van der Waals surface area contributed by atoms with Gasteiger partial charge < -0.3 is 19.9 Å². The highest BCUT2D eigenvalue weighted by Gasteiger charge is 2.29. The lowest BCUT2D eigenvalue weighted by Crippen LogP contribution is -2.33. The highest BCUT2D eigenvalue weighted by atomic mass is 35.5. The number of hydrogen-bond acceptors (Lipinski definition) is 5. The van der Waals surface area contributed by atoms with Crippen LogP contribution in [0.2, 0.25) is 5.02 Å². The summed E-state index contributed by atoms with van der Waals surface area (Å²) >= 11 is 7.95. The van der Waals surface area contributed by atoms with Gasteiger partial charge in [-0.25, -0.2) is 0 Å². The molecule has 0 saturated carbocycles. The van der Waals surface area contributed by atoms with Crippen molar-refractivity contribution in [2.24, 2.45) is 0 Å². The van der Waals surface area contributed by atoms with E-state index in [1.54, 1.807) is 48.2 Å². The molecule has 2 atom stereocenters. The van der Waals surface area contributed by atoms with E-state index in [1.807, 2.05) is 36.6 Å². The second kappa shape index (κ2) is 10.8. The molecule has 1 heterocycles. The second-order valence-corrected chi connectivity index (χ2v) is 9.31. The van der Waals surface area contributed by atoms with E-state index in [-0.39, 0.29) is 11.3 Å². The number of thioether (sulfide) groups is 1. The third-order valence-corrected chi connectivity index (χ3v) is 6.74. The number of carbonyl (C=O) groups excluding carboxylic acids is 1. The number of carboxylic acid groups (broad SMARTS) is 1. The molecule has 0 bridgehead atoms. The van der Waals surface area contributed by atoms with Gasteiger partial charge in [-0.15, -0.1) is 11.8 Å². The van der Waals surface area contributed by atoms with E-state index in [0.29, 0.717) is 46.4 Å². The molecule has 8 heteroatoms. The molecule has 0 saturated heterocycles. The molecule has 0 aromatic heterocycles. The van der Waals surface area contributed by atoms with E-state index >= 15 is 0 Å². The smallest absolute Gasteiger partial charge is 0.311 e. The largest absolute Gasteiger partial charge is 0.493 e. The van der Waals surface area contributed by atoms with Crippen molar-refractivity contribution in [1.82, 2.24) is 5.32 Å². The maximum absolute atomic E-state index is 12.7. The Morgan fingerprint density at radius 3 is 2.59 bits per heavy atom. The Bertz CT molecular complexity index is 1170. The van der Waals surface area contributed by atoms with Gasteiger partial charge in [0.1, 0.15) is 17.2 Å². The SMILES string of the molecule is CSC(Cc1ccccc1)NC(=O)c1ccc(Oc2cc3c(cc2Cl)C(C(=O)O)CCO3)cc1. The summed E-state index contributed by atoms with van der Waals surface area (Å²) < 4.78 is 11.5. The Kier molecular flexibility index (Phi) is 7.65. The molecule has 0 radical (unpaired) electrons. The van der Waals surface area contributed by atoms with Gasteiger partial charge in [0.25, 0.3) is 5.91 Å². The Morgan fingerprint density at radius 1 is 1.18 bits per heavy atom. The van der Waals surface area contributed by atoms with Crippen LogP contribution in [0.15, 0.2) is 66.7 Å². The third kappa shape index (κ3) is 5.66. The average Bonchev–Trinajstić information content (AvgIpc) is 2.84. The molecule has 0 fully saturated rings. The molecule has 2 unspecified atom stereocenters. The molecule has 2 N–H and O–H groups in total. The van der Waals surface area contributed by atoms with Gasteiger partial charge in [-0.2, -0.15) is 0 Å². The molecule has 176 valence electrons. The first-order chi connectivity index (χ1) is 16.4. The van der Waals surface area contributed by atoms with Gasteiger partial charge in [0.15, 0.2) is 0 Å². The summed E-state index contributed by atoms with van der Waals surface area (Å²) in [6.45, 7) is 0.316. The number of benzene rings is 3. The van der Waals surface area contributed by atoms with Crippen LogP contribution in [0.5, 0.6) is 17.2 Å². The van der Waals surface area contributed by atoms with Crippen LogP contribution in [0.25, 0.3) is 0 Å². The van der Waals surface area contributed by atoms with Gasteiger partial charge in [0, 0.05) is 23.6 Å². The lowest BCUT2D eigenvalue weighted by atomic mass is 9.93. The summed E-state index contributed by atoms with van der Waals surface area (Å²) in [6, 6.07) is 20.0. The molecular formula is C26H24ClNO5S. The molecular weight excluding hydrogens is 474 g/mol. The number of nitrogens with one attached hydrogen (secondary N) is 1. The number of carbonyl (C=O) groups is 2. The van der Waals surface area contributed by atoms with Crippen molar-refractivity contribution >= 4 is 35.2 Å². The molecule has 3 aromatic carbocycles. The van der Waals surface area contributed by atoms with Crippen molar-refractivity contribution in [2.75, 3.05) is 12.9 Å². The van der Waals surface area contributed by atoms with E-state index < -0.39 is 11.9 Å². The van der Waals surface area contributed by atoms with Gasteiger partial charge in [0.05, 0.1) is 22.9 Å². The Labute approximate surface area is 207 Å². The number of hydrogen-bond donors (Lipinski definition) is 2. The fourth-order valence-corrected chi connectivity index (χ4v) is 4.57. The minimum Gasteiger partial charge on any atom is -0.493 e. The molecule has 1 aliphatic heterocycles. The van der Waals surface area contributed by atoms with Crippen molar-refractivity contribution in [2.45, 2.75) is 24.1 Å². The predicted octanol–water partition coefficient (Wildman–Crippen LogP) is 5.74. The van der Waals surface area contributed by atoms with E-state index in [4.69, 9.17) is 21.1 Å². The first-order valence-corrected chi connectivity index (χ1v) is 12.5. The number of amides is 1. The number of carboxylic acids is 1. The topological polar surface area (TPSA) is 84.9 Å². The van der Waals surface area contributed by atoms with Crippen LogP contribution in [0.4, 0.5) is 0 Å². The molecule has 1 amide bonds. The van der Waals surface area contributed by atoms with E-state index in [0.717, 1.165) is 12.0 Å². The standard InChI is InChI=1S/C26H24ClNO5S/c1-34-24(13-16-5-3-2-4-6-16)28-25(29)17-7-9-18(10-8-17)33-23-15-22-20(14-21(23)27)19(26(30)31)11-12-32-22/h2-10,14-15,19,24H,11-13H2,1H3,(H,28,29)(H,30,31). The number of fused-ring (bicyclic) bond motifs is 1. The van der Waals surface area contributed by atoms with Crippen LogP contribution >= 0.6 is 23.4 Å². The summed E-state index contributed by atoms with van der Waals surface area (Å²) in [5.41, 5.74) is 2.22. The molecule has 0 aliphatic carbocycles. The highest BCUT2D eigenvalue weighted by Crippen LogP contribution is 2.41. The van der Waals surface area contributed by atoms with E-state index in [9.17, 15) is 14.7 Å². The molecule has 4 rings (SSSR count). The van der Waals surface area contributed by atoms with Gasteiger partial charge in [0.2, 0.25) is 0 Å². The summed E-state index contributed by atoms with van der Waals surface area (Å²) in [7, 11) is 0. The van der Waals surface area contributed by atoms with Crippen molar-refractivity contribution in [3.8, 4) is 17.2 Å². The normalized spacial score (nSPS) is 15.5. The van der Waals surface area contributed by atoms with Crippen LogP contribution in [0, 0.1) is 0 Å². The highest BCUT2D eigenvalue weighted by molar-refractivity contribution is 7.99. The molecule has 6 nitrogen and oxygen atoms in total. The predicted molar refractivity (Wildman–Crippen MR) is 133 cm³/mol. The van der Waals surface area contributed by atoms with Gasteiger partial charge in [-0.05, 0) is 48.6 Å². The minimum atomic E-state index is -0.907. The zero-order valence-corrected chi connectivity index (χ0v) is 20.1. The van der Waals surface area contributed by atoms with Crippen molar-refractivity contribution in [3.05, 3.63) is 88.4 Å². The fraction of sp³-hybridized carbons (Fsp3) is 0.231. The third-order valence-electron chi connectivity index (χ3n) is 5.59. The van der Waals surface area contributed by atoms with Crippen LogP contribution in [0.3, 0.4) is 0 Å². The molecule has 3 aromatic rings.